The minimum absolute atomic E-state index is 0.483. The molecule has 4 heteroatoms. The fraction of sp³-hybridized carbons (Fsp3) is 0.750. The van der Waals surface area contributed by atoms with Gasteiger partial charge in [0.1, 0.15) is 0 Å². The quantitative estimate of drug-likeness (QED) is 0.795. The molecule has 0 radical (unpaired) electrons. The summed E-state index contributed by atoms with van der Waals surface area (Å²) in [5.74, 6) is 0. The van der Waals surface area contributed by atoms with Crippen molar-refractivity contribution < 1.29 is 0 Å². The monoisotopic (exact) mass is 295 g/mol. The van der Waals surface area contributed by atoms with Gasteiger partial charge in [0.05, 0.1) is 0 Å². The van der Waals surface area contributed by atoms with Crippen molar-refractivity contribution in [1.82, 2.24) is 15.1 Å². The lowest BCUT2D eigenvalue weighted by atomic mass is 10.2. The number of hydrogen-bond donors (Lipinski definition) is 1. The molecule has 2 unspecified atom stereocenters. The van der Waals surface area contributed by atoms with Gasteiger partial charge in [0.2, 0.25) is 0 Å². The van der Waals surface area contributed by atoms with Crippen LogP contribution in [0.3, 0.4) is 0 Å². The van der Waals surface area contributed by atoms with Crippen molar-refractivity contribution in [2.75, 3.05) is 39.3 Å². The van der Waals surface area contributed by atoms with Crippen LogP contribution in [0.2, 0.25) is 0 Å². The predicted octanol–water partition coefficient (Wildman–Crippen LogP) is 2.81. The number of hydrogen-bond acceptors (Lipinski definition) is 4. The van der Waals surface area contributed by atoms with E-state index in [9.17, 15) is 0 Å². The first-order valence-corrected chi connectivity index (χ1v) is 8.85. The van der Waals surface area contributed by atoms with Crippen molar-refractivity contribution in [3.8, 4) is 0 Å². The molecule has 2 heterocycles. The highest BCUT2D eigenvalue weighted by Gasteiger charge is 2.25. The molecule has 1 aromatic heterocycles. The Morgan fingerprint density at radius 1 is 1.45 bits per heavy atom. The summed E-state index contributed by atoms with van der Waals surface area (Å²) in [4.78, 5) is 6.64. The molecule has 0 aliphatic carbocycles. The molecule has 20 heavy (non-hydrogen) atoms. The van der Waals surface area contributed by atoms with Crippen LogP contribution in [0.1, 0.15) is 38.1 Å². The second kappa shape index (κ2) is 8.13. The molecule has 1 aliphatic heterocycles. The molecule has 3 nitrogen and oxygen atoms in total. The molecule has 1 N–H and O–H groups in total. The summed E-state index contributed by atoms with van der Waals surface area (Å²) in [5.41, 5.74) is 0. The van der Waals surface area contributed by atoms with Crippen LogP contribution < -0.4 is 5.32 Å². The van der Waals surface area contributed by atoms with E-state index in [1.54, 1.807) is 0 Å². The van der Waals surface area contributed by atoms with E-state index in [-0.39, 0.29) is 0 Å². The maximum absolute atomic E-state index is 3.64. The van der Waals surface area contributed by atoms with E-state index < -0.39 is 0 Å². The number of nitrogens with one attached hydrogen (secondary N) is 1. The Labute approximate surface area is 128 Å². The molecule has 1 aliphatic rings. The Bertz CT molecular complexity index is 362. The van der Waals surface area contributed by atoms with Gasteiger partial charge in [-0.2, -0.15) is 0 Å². The number of likely N-dealkylation sites (N-methyl/N-ethyl adjacent to an activating group) is 1. The van der Waals surface area contributed by atoms with Gasteiger partial charge in [-0.05, 0) is 44.4 Å². The van der Waals surface area contributed by atoms with Crippen LogP contribution in [0, 0.1) is 0 Å². The fourth-order valence-corrected chi connectivity index (χ4v) is 3.89. The van der Waals surface area contributed by atoms with Crippen LogP contribution in [0.25, 0.3) is 0 Å². The Balaban J connectivity index is 1.66. The van der Waals surface area contributed by atoms with E-state index in [4.69, 9.17) is 0 Å². The van der Waals surface area contributed by atoms with Crippen LogP contribution in [0.5, 0.6) is 0 Å². The van der Waals surface area contributed by atoms with Crippen molar-refractivity contribution in [2.24, 2.45) is 0 Å². The maximum Gasteiger partial charge on any atom is 0.0386 e. The highest BCUT2D eigenvalue weighted by molar-refractivity contribution is 7.10. The summed E-state index contributed by atoms with van der Waals surface area (Å²) < 4.78 is 0. The molecule has 0 amide bonds. The number of nitrogens with zero attached hydrogens (tertiary/aromatic N) is 2. The Hall–Kier alpha value is -0.420. The first-order valence-electron chi connectivity index (χ1n) is 7.97. The van der Waals surface area contributed by atoms with E-state index in [2.05, 4.69) is 53.4 Å². The largest absolute Gasteiger partial charge is 0.308 e. The highest BCUT2D eigenvalue weighted by atomic mass is 32.1. The van der Waals surface area contributed by atoms with Gasteiger partial charge in [-0.25, -0.2) is 0 Å². The Kier molecular flexibility index (Phi) is 6.49. The second-order valence-corrected chi connectivity index (χ2v) is 6.63. The number of likely N-dealkylation sites (tertiary alicyclic amines) is 1. The molecular weight excluding hydrogens is 266 g/mol. The first kappa shape index (κ1) is 16.0. The Morgan fingerprint density at radius 2 is 2.25 bits per heavy atom. The van der Waals surface area contributed by atoms with E-state index in [0.717, 1.165) is 12.6 Å². The van der Waals surface area contributed by atoms with Crippen LogP contribution in [0.15, 0.2) is 17.5 Å². The van der Waals surface area contributed by atoms with Crippen molar-refractivity contribution >= 4 is 11.3 Å². The lowest BCUT2D eigenvalue weighted by molar-refractivity contribution is 0.210. The molecule has 2 atom stereocenters. The molecule has 1 fully saturated rings. The average Bonchev–Trinajstić information content (AvgIpc) is 3.11. The minimum Gasteiger partial charge on any atom is -0.308 e. The first-order chi connectivity index (χ1) is 9.74. The van der Waals surface area contributed by atoms with Crippen molar-refractivity contribution in [3.05, 3.63) is 22.4 Å². The van der Waals surface area contributed by atoms with E-state index >= 15 is 0 Å². The molecule has 2 rings (SSSR count). The zero-order valence-electron chi connectivity index (χ0n) is 13.1. The van der Waals surface area contributed by atoms with Crippen LogP contribution in [-0.2, 0) is 0 Å². The van der Waals surface area contributed by atoms with Gasteiger partial charge in [0.25, 0.3) is 0 Å². The summed E-state index contributed by atoms with van der Waals surface area (Å²) in [5, 5.41) is 5.79. The van der Waals surface area contributed by atoms with Crippen molar-refractivity contribution in [2.45, 2.75) is 39.3 Å². The number of thiophene rings is 1. The third-order valence-electron chi connectivity index (χ3n) is 4.42. The standard InChI is InChI=1S/C16H29N3S/c1-4-19(5-2)15-8-10-18(13-15)11-9-17-14(3)16-7-6-12-20-16/h6-7,12,14-15,17H,4-5,8-11,13H2,1-3H3. The molecule has 0 bridgehead atoms. The van der Waals surface area contributed by atoms with E-state index in [1.165, 1.54) is 44.0 Å². The van der Waals surface area contributed by atoms with Crippen LogP contribution in [0.4, 0.5) is 0 Å². The van der Waals surface area contributed by atoms with Crippen molar-refractivity contribution in [1.29, 1.82) is 0 Å². The molecule has 114 valence electrons. The number of rotatable bonds is 8. The van der Waals surface area contributed by atoms with Gasteiger partial charge >= 0.3 is 0 Å². The van der Waals surface area contributed by atoms with E-state index in [0.29, 0.717) is 6.04 Å². The molecule has 0 saturated carbocycles. The zero-order valence-corrected chi connectivity index (χ0v) is 14.0. The van der Waals surface area contributed by atoms with Gasteiger partial charge in [-0.1, -0.05) is 19.9 Å². The third-order valence-corrected chi connectivity index (χ3v) is 5.48. The van der Waals surface area contributed by atoms with Crippen LogP contribution in [-0.4, -0.2) is 55.1 Å². The lowest BCUT2D eigenvalue weighted by Gasteiger charge is -2.26. The van der Waals surface area contributed by atoms with Gasteiger partial charge in [-0.15, -0.1) is 11.3 Å². The van der Waals surface area contributed by atoms with Crippen molar-refractivity contribution in [3.63, 3.8) is 0 Å². The van der Waals surface area contributed by atoms with Gasteiger partial charge < -0.3 is 10.2 Å². The molecular formula is C16H29N3S. The molecule has 0 spiro atoms. The second-order valence-electron chi connectivity index (χ2n) is 5.66. The molecule has 0 aromatic carbocycles. The zero-order chi connectivity index (χ0) is 14.4. The fourth-order valence-electron chi connectivity index (χ4n) is 3.13. The van der Waals surface area contributed by atoms with E-state index in [1.807, 2.05) is 11.3 Å². The summed E-state index contributed by atoms with van der Waals surface area (Å²) >= 11 is 1.84. The normalized spacial score (nSPS) is 21.7. The summed E-state index contributed by atoms with van der Waals surface area (Å²) in [7, 11) is 0. The Morgan fingerprint density at radius 3 is 2.90 bits per heavy atom. The third kappa shape index (κ3) is 4.29. The topological polar surface area (TPSA) is 18.5 Å². The van der Waals surface area contributed by atoms with Gasteiger partial charge in [-0.3, -0.25) is 4.90 Å². The highest BCUT2D eigenvalue weighted by Crippen LogP contribution is 2.18. The summed E-state index contributed by atoms with van der Waals surface area (Å²) in [6.07, 6.45) is 1.34. The maximum atomic E-state index is 3.64. The molecule has 1 aromatic rings. The average molecular weight is 295 g/mol. The molecule has 1 saturated heterocycles. The lowest BCUT2D eigenvalue weighted by Crippen LogP contribution is -2.38. The summed E-state index contributed by atoms with van der Waals surface area (Å²) in [6.45, 7) is 13.9. The minimum atomic E-state index is 0.483. The smallest absolute Gasteiger partial charge is 0.0386 e. The van der Waals surface area contributed by atoms with Crippen LogP contribution >= 0.6 is 11.3 Å². The van der Waals surface area contributed by atoms with Gasteiger partial charge in [0, 0.05) is 36.6 Å². The van der Waals surface area contributed by atoms with Gasteiger partial charge in [0.15, 0.2) is 0 Å². The summed E-state index contributed by atoms with van der Waals surface area (Å²) in [6, 6.07) is 5.61. The predicted molar refractivity (Wildman–Crippen MR) is 88.5 cm³/mol. The SMILES string of the molecule is CCN(CC)C1CCN(CCNC(C)c2cccs2)C1.